The number of hydrogen-bond donors (Lipinski definition) is 1. The summed E-state index contributed by atoms with van der Waals surface area (Å²) in [5.74, 6) is 0.298. The van der Waals surface area contributed by atoms with Gasteiger partial charge in [-0.1, -0.05) is 6.58 Å². The Bertz CT molecular complexity index is 431. The van der Waals surface area contributed by atoms with E-state index in [1.54, 1.807) is 0 Å². The second-order valence-electron chi connectivity index (χ2n) is 3.77. The average Bonchev–Trinajstić information content (AvgIpc) is 2.65. The predicted molar refractivity (Wildman–Crippen MR) is 62.9 cm³/mol. The monoisotopic (exact) mass is 218 g/mol. The van der Waals surface area contributed by atoms with Crippen molar-refractivity contribution in [2.24, 2.45) is 4.99 Å². The first-order valence-corrected chi connectivity index (χ1v) is 5.24. The maximum absolute atomic E-state index is 11.9. The van der Waals surface area contributed by atoms with Crippen LogP contribution >= 0.6 is 0 Å². The summed E-state index contributed by atoms with van der Waals surface area (Å²) >= 11 is 0. The van der Waals surface area contributed by atoms with Crippen LogP contribution in [0.3, 0.4) is 0 Å². The van der Waals surface area contributed by atoms with Crippen LogP contribution in [0.5, 0.6) is 0 Å². The van der Waals surface area contributed by atoms with Gasteiger partial charge in [-0.25, -0.2) is 9.67 Å². The Hall–Kier alpha value is -1.91. The van der Waals surface area contributed by atoms with Gasteiger partial charge in [0.15, 0.2) is 5.82 Å². The molecule has 0 spiro atoms. The number of nitrogens with one attached hydrogen (secondary N) is 1. The van der Waals surface area contributed by atoms with Crippen molar-refractivity contribution < 1.29 is 4.79 Å². The molecule has 0 saturated heterocycles. The number of hydrogen-bond acceptors (Lipinski definition) is 3. The first-order valence-electron chi connectivity index (χ1n) is 5.24. The second kappa shape index (κ2) is 4.30. The molecule has 1 saturated carbocycles. The number of rotatable bonds is 4. The largest absolute Gasteiger partial charge is 0.349 e. The Balaban J connectivity index is 2.18. The molecule has 84 valence electrons. The van der Waals surface area contributed by atoms with E-state index in [9.17, 15) is 4.79 Å². The molecule has 0 radical (unpaired) electrons. The maximum atomic E-state index is 11.9. The van der Waals surface area contributed by atoms with Crippen molar-refractivity contribution in [1.29, 1.82) is 0 Å². The first-order chi connectivity index (χ1) is 7.76. The summed E-state index contributed by atoms with van der Waals surface area (Å²) < 4.78 is 1.43. The Kier molecular flexibility index (Phi) is 2.85. The van der Waals surface area contributed by atoms with Gasteiger partial charge < -0.3 is 5.32 Å². The highest BCUT2D eigenvalue weighted by Crippen LogP contribution is 2.22. The van der Waals surface area contributed by atoms with Crippen LogP contribution in [0.15, 0.2) is 17.8 Å². The minimum atomic E-state index is -0.139. The predicted octanol–water partition coefficient (Wildman–Crippen LogP) is 1.60. The minimum Gasteiger partial charge on any atom is -0.349 e. The highest BCUT2D eigenvalue weighted by Gasteiger charge is 2.22. The number of aliphatic imine (C=N–C) groups is 1. The van der Waals surface area contributed by atoms with Crippen LogP contribution in [-0.4, -0.2) is 28.4 Å². The summed E-state index contributed by atoms with van der Waals surface area (Å²) in [6.45, 7) is 7.01. The number of nitrogens with zero attached hydrogens (tertiary/aromatic N) is 3. The first kappa shape index (κ1) is 10.6. The smallest absolute Gasteiger partial charge is 0.256 e. The van der Waals surface area contributed by atoms with Gasteiger partial charge in [0.25, 0.3) is 5.91 Å². The van der Waals surface area contributed by atoms with Crippen LogP contribution in [-0.2, 0) is 0 Å². The van der Waals surface area contributed by atoms with E-state index in [2.05, 4.69) is 28.7 Å². The SMILES string of the molecule is C=Cn1ncc(C(=O)NC2CCC2)c1N=C. The molecule has 0 bridgehead atoms. The molecule has 5 nitrogen and oxygen atoms in total. The Labute approximate surface area is 93.9 Å². The topological polar surface area (TPSA) is 59.3 Å². The molecule has 0 atom stereocenters. The molecule has 0 unspecified atom stereocenters. The summed E-state index contributed by atoms with van der Waals surface area (Å²) in [5.41, 5.74) is 0.446. The van der Waals surface area contributed by atoms with Gasteiger partial charge >= 0.3 is 0 Å². The number of carbonyl (C=O) groups excluding carboxylic acids is 1. The molecule has 1 aromatic heterocycles. The van der Waals surface area contributed by atoms with Gasteiger partial charge in [0.1, 0.15) is 5.56 Å². The number of amides is 1. The zero-order valence-corrected chi connectivity index (χ0v) is 9.02. The van der Waals surface area contributed by atoms with E-state index in [1.165, 1.54) is 23.5 Å². The minimum absolute atomic E-state index is 0.139. The average molecular weight is 218 g/mol. The molecule has 1 N–H and O–H groups in total. The van der Waals surface area contributed by atoms with Crippen molar-refractivity contribution in [3.05, 3.63) is 18.3 Å². The van der Waals surface area contributed by atoms with Crippen LogP contribution in [0.25, 0.3) is 6.20 Å². The second-order valence-corrected chi connectivity index (χ2v) is 3.77. The fourth-order valence-corrected chi connectivity index (χ4v) is 1.62. The van der Waals surface area contributed by atoms with E-state index >= 15 is 0 Å². The summed E-state index contributed by atoms with van der Waals surface area (Å²) in [6.07, 6.45) is 6.27. The van der Waals surface area contributed by atoms with Crippen LogP contribution in [0.2, 0.25) is 0 Å². The Morgan fingerprint density at radius 2 is 2.44 bits per heavy atom. The zero-order valence-electron chi connectivity index (χ0n) is 9.02. The highest BCUT2D eigenvalue weighted by molar-refractivity contribution is 5.98. The van der Waals surface area contributed by atoms with Crippen molar-refractivity contribution in [1.82, 2.24) is 15.1 Å². The van der Waals surface area contributed by atoms with E-state index in [4.69, 9.17) is 0 Å². The summed E-state index contributed by atoms with van der Waals surface area (Å²) in [7, 11) is 0. The summed E-state index contributed by atoms with van der Waals surface area (Å²) in [6, 6.07) is 0.303. The van der Waals surface area contributed by atoms with Gasteiger partial charge in [-0.3, -0.25) is 4.79 Å². The van der Waals surface area contributed by atoms with Crippen molar-refractivity contribution in [3.63, 3.8) is 0 Å². The molecular formula is C11H14N4O. The van der Waals surface area contributed by atoms with E-state index in [0.29, 0.717) is 17.4 Å². The van der Waals surface area contributed by atoms with Crippen molar-refractivity contribution >= 4 is 24.6 Å². The van der Waals surface area contributed by atoms with E-state index in [-0.39, 0.29) is 5.91 Å². The maximum Gasteiger partial charge on any atom is 0.256 e. The molecule has 1 fully saturated rings. The quantitative estimate of drug-likeness (QED) is 0.780. The van der Waals surface area contributed by atoms with Gasteiger partial charge in [-0.05, 0) is 26.0 Å². The molecule has 16 heavy (non-hydrogen) atoms. The lowest BCUT2D eigenvalue weighted by Gasteiger charge is -2.26. The standard InChI is InChI=1S/C11H14N4O/c1-3-15-10(12-2)9(7-13-15)11(16)14-8-5-4-6-8/h3,7-8H,1-2,4-6H2,(H,14,16). The third-order valence-corrected chi connectivity index (χ3v) is 2.78. The van der Waals surface area contributed by atoms with E-state index in [0.717, 1.165) is 12.8 Å². The molecule has 1 aliphatic rings. The van der Waals surface area contributed by atoms with Gasteiger partial charge in [-0.15, -0.1) is 0 Å². The van der Waals surface area contributed by atoms with Crippen LogP contribution in [0.4, 0.5) is 5.82 Å². The molecule has 1 aromatic rings. The lowest BCUT2D eigenvalue weighted by Crippen LogP contribution is -2.39. The van der Waals surface area contributed by atoms with E-state index < -0.39 is 0 Å². The molecule has 2 rings (SSSR count). The van der Waals surface area contributed by atoms with E-state index in [1.807, 2.05) is 0 Å². The normalized spacial score (nSPS) is 15.2. The molecule has 1 aliphatic carbocycles. The van der Waals surface area contributed by atoms with Crippen LogP contribution in [0, 0.1) is 0 Å². The third-order valence-electron chi connectivity index (χ3n) is 2.78. The van der Waals surface area contributed by atoms with Crippen LogP contribution < -0.4 is 5.32 Å². The van der Waals surface area contributed by atoms with Crippen LogP contribution in [0.1, 0.15) is 29.6 Å². The number of aromatic nitrogens is 2. The summed E-state index contributed by atoms with van der Waals surface area (Å²) in [5, 5.41) is 6.91. The Morgan fingerprint density at radius 1 is 1.69 bits per heavy atom. The Morgan fingerprint density at radius 3 is 2.94 bits per heavy atom. The molecule has 1 amide bonds. The van der Waals surface area contributed by atoms with Crippen molar-refractivity contribution in [3.8, 4) is 0 Å². The summed E-state index contributed by atoms with van der Waals surface area (Å²) in [4.78, 5) is 15.7. The van der Waals surface area contributed by atoms with Gasteiger partial charge in [0.05, 0.1) is 6.20 Å². The molecular weight excluding hydrogens is 204 g/mol. The third kappa shape index (κ3) is 1.76. The molecule has 1 heterocycles. The van der Waals surface area contributed by atoms with Gasteiger partial charge in [0, 0.05) is 12.2 Å². The zero-order chi connectivity index (χ0) is 11.5. The van der Waals surface area contributed by atoms with Crippen molar-refractivity contribution in [2.45, 2.75) is 25.3 Å². The fourth-order valence-electron chi connectivity index (χ4n) is 1.62. The van der Waals surface area contributed by atoms with Crippen molar-refractivity contribution in [2.75, 3.05) is 0 Å². The fraction of sp³-hybridized carbons (Fsp3) is 0.364. The molecule has 0 aromatic carbocycles. The molecule has 0 aliphatic heterocycles. The lowest BCUT2D eigenvalue weighted by molar-refractivity contribution is 0.0918. The van der Waals surface area contributed by atoms with Gasteiger partial charge in [0.2, 0.25) is 0 Å². The lowest BCUT2D eigenvalue weighted by atomic mass is 9.93. The van der Waals surface area contributed by atoms with Gasteiger partial charge in [-0.2, -0.15) is 5.10 Å². The number of carbonyl (C=O) groups is 1. The highest BCUT2D eigenvalue weighted by atomic mass is 16.1. The molecule has 5 heteroatoms.